The van der Waals surface area contributed by atoms with Crippen molar-refractivity contribution in [1.82, 2.24) is 9.97 Å². The normalized spacial score (nSPS) is 10.4. The van der Waals surface area contributed by atoms with Crippen LogP contribution in [0.5, 0.6) is 0 Å². The number of rotatable bonds is 3. The second-order valence-corrected chi connectivity index (χ2v) is 3.88. The van der Waals surface area contributed by atoms with Crippen LogP contribution in [-0.2, 0) is 12.2 Å². The van der Waals surface area contributed by atoms with E-state index in [9.17, 15) is 0 Å². The molecule has 1 aromatic heterocycles. The lowest BCUT2D eigenvalue weighted by molar-refractivity contribution is 1.04. The van der Waals surface area contributed by atoms with E-state index >= 15 is 0 Å². The highest BCUT2D eigenvalue weighted by atomic mass is 32.1. The van der Waals surface area contributed by atoms with Gasteiger partial charge in [-0.15, -0.1) is 0 Å². The Morgan fingerprint density at radius 3 is 2.50 bits per heavy atom. The topological polar surface area (TPSA) is 25.8 Å². The van der Waals surface area contributed by atoms with Crippen LogP contribution in [0.4, 0.5) is 0 Å². The van der Waals surface area contributed by atoms with E-state index in [0.29, 0.717) is 5.75 Å². The predicted octanol–water partition coefficient (Wildman–Crippen LogP) is 3.14. The van der Waals surface area contributed by atoms with Gasteiger partial charge in [0.05, 0.1) is 11.4 Å². The first kappa shape index (κ1) is 11.1. The fourth-order valence-corrected chi connectivity index (χ4v) is 1.70. The molecule has 1 heterocycles. The molecule has 0 aliphatic rings. The van der Waals surface area contributed by atoms with Crippen LogP contribution >= 0.6 is 12.6 Å². The van der Waals surface area contributed by atoms with Crippen LogP contribution in [0.1, 0.15) is 18.3 Å². The lowest BCUT2D eigenvalue weighted by Gasteiger charge is -2.03. The maximum Gasteiger partial charge on any atom is 0.138 e. The van der Waals surface area contributed by atoms with Crippen LogP contribution in [0.15, 0.2) is 36.5 Å². The average molecular weight is 230 g/mol. The van der Waals surface area contributed by atoms with Crippen molar-refractivity contribution in [2.45, 2.75) is 19.1 Å². The van der Waals surface area contributed by atoms with Crippen molar-refractivity contribution in [2.75, 3.05) is 0 Å². The highest BCUT2D eigenvalue weighted by Gasteiger charge is 2.00. The second kappa shape index (κ2) is 5.12. The summed E-state index contributed by atoms with van der Waals surface area (Å²) in [7, 11) is 0. The SMILES string of the molecule is CCc1ccc(-c2ccnc(CS)n2)cc1. The zero-order valence-electron chi connectivity index (χ0n) is 9.22. The molecule has 0 saturated carbocycles. The summed E-state index contributed by atoms with van der Waals surface area (Å²) in [5, 5.41) is 0. The molecule has 2 aromatic rings. The molecule has 0 fully saturated rings. The standard InChI is InChI=1S/C13H14N2S/c1-2-10-3-5-11(6-4-10)12-7-8-14-13(9-16)15-12/h3-8,16H,2,9H2,1H3. The number of thiol groups is 1. The molecule has 0 amide bonds. The third-order valence-electron chi connectivity index (χ3n) is 2.50. The minimum atomic E-state index is 0.570. The van der Waals surface area contributed by atoms with Crippen molar-refractivity contribution >= 4 is 12.6 Å². The molecule has 82 valence electrons. The van der Waals surface area contributed by atoms with Gasteiger partial charge in [0.25, 0.3) is 0 Å². The highest BCUT2D eigenvalue weighted by molar-refractivity contribution is 7.79. The Hall–Kier alpha value is -1.35. The third-order valence-corrected chi connectivity index (χ3v) is 2.79. The lowest BCUT2D eigenvalue weighted by Crippen LogP contribution is -1.93. The van der Waals surface area contributed by atoms with Gasteiger partial charge in [0.1, 0.15) is 5.82 Å². The number of nitrogens with zero attached hydrogens (tertiary/aromatic N) is 2. The van der Waals surface area contributed by atoms with Gasteiger partial charge in [-0.2, -0.15) is 12.6 Å². The van der Waals surface area contributed by atoms with Crippen LogP contribution in [0.3, 0.4) is 0 Å². The van der Waals surface area contributed by atoms with Gasteiger partial charge < -0.3 is 0 Å². The number of hydrogen-bond acceptors (Lipinski definition) is 3. The maximum absolute atomic E-state index is 4.43. The molecule has 1 aromatic carbocycles. The van der Waals surface area contributed by atoms with E-state index < -0.39 is 0 Å². The molecule has 0 aliphatic heterocycles. The molecule has 2 rings (SSSR count). The monoisotopic (exact) mass is 230 g/mol. The van der Waals surface area contributed by atoms with E-state index in [0.717, 1.165) is 23.5 Å². The highest BCUT2D eigenvalue weighted by Crippen LogP contribution is 2.17. The van der Waals surface area contributed by atoms with E-state index in [1.807, 2.05) is 6.07 Å². The van der Waals surface area contributed by atoms with Crippen molar-refractivity contribution in [3.8, 4) is 11.3 Å². The predicted molar refractivity (Wildman–Crippen MR) is 69.5 cm³/mol. The maximum atomic E-state index is 4.43. The van der Waals surface area contributed by atoms with Gasteiger partial charge in [-0.05, 0) is 18.1 Å². The first-order chi connectivity index (χ1) is 7.83. The summed E-state index contributed by atoms with van der Waals surface area (Å²) in [6.07, 6.45) is 2.84. The van der Waals surface area contributed by atoms with Crippen molar-refractivity contribution in [2.24, 2.45) is 0 Å². The number of aryl methyl sites for hydroxylation is 1. The summed E-state index contributed by atoms with van der Waals surface area (Å²) >= 11 is 4.18. The van der Waals surface area contributed by atoms with Gasteiger partial charge >= 0.3 is 0 Å². The molecular weight excluding hydrogens is 216 g/mol. The molecule has 0 bridgehead atoms. The van der Waals surface area contributed by atoms with Crippen molar-refractivity contribution in [3.63, 3.8) is 0 Å². The van der Waals surface area contributed by atoms with Gasteiger partial charge in [0.2, 0.25) is 0 Å². The molecule has 0 atom stereocenters. The Kier molecular flexibility index (Phi) is 3.57. The molecule has 0 radical (unpaired) electrons. The summed E-state index contributed by atoms with van der Waals surface area (Å²) < 4.78 is 0. The summed E-state index contributed by atoms with van der Waals surface area (Å²) in [4.78, 5) is 8.56. The largest absolute Gasteiger partial charge is 0.240 e. The van der Waals surface area contributed by atoms with Gasteiger partial charge in [0.15, 0.2) is 0 Å². The number of hydrogen-bond donors (Lipinski definition) is 1. The Morgan fingerprint density at radius 1 is 1.12 bits per heavy atom. The fraction of sp³-hybridized carbons (Fsp3) is 0.231. The first-order valence-electron chi connectivity index (χ1n) is 5.35. The van der Waals surface area contributed by atoms with E-state index in [1.165, 1.54) is 5.56 Å². The van der Waals surface area contributed by atoms with Crippen molar-refractivity contribution in [3.05, 3.63) is 47.9 Å². The molecule has 0 saturated heterocycles. The summed E-state index contributed by atoms with van der Waals surface area (Å²) in [5.41, 5.74) is 3.43. The molecule has 0 unspecified atom stereocenters. The minimum Gasteiger partial charge on any atom is -0.240 e. The van der Waals surface area contributed by atoms with Crippen LogP contribution in [0, 0.1) is 0 Å². The molecule has 0 spiro atoms. The van der Waals surface area contributed by atoms with Crippen LogP contribution < -0.4 is 0 Å². The third kappa shape index (κ3) is 2.42. The smallest absolute Gasteiger partial charge is 0.138 e. The fourth-order valence-electron chi connectivity index (χ4n) is 1.55. The molecular formula is C13H14N2S. The molecule has 0 aliphatic carbocycles. The second-order valence-electron chi connectivity index (χ2n) is 3.57. The summed E-state index contributed by atoms with van der Waals surface area (Å²) in [6, 6.07) is 10.4. The number of benzene rings is 1. The summed E-state index contributed by atoms with van der Waals surface area (Å²) in [5.74, 6) is 1.33. The zero-order chi connectivity index (χ0) is 11.4. The average Bonchev–Trinajstić information content (AvgIpc) is 2.39. The Bertz CT molecular complexity index is 466. The van der Waals surface area contributed by atoms with Gasteiger partial charge in [0, 0.05) is 11.8 Å². The van der Waals surface area contributed by atoms with Crippen LogP contribution in [-0.4, -0.2) is 9.97 Å². The van der Waals surface area contributed by atoms with Gasteiger partial charge in [-0.1, -0.05) is 31.2 Å². The van der Waals surface area contributed by atoms with E-state index in [4.69, 9.17) is 0 Å². The molecule has 3 heteroatoms. The van der Waals surface area contributed by atoms with Crippen LogP contribution in [0.25, 0.3) is 11.3 Å². The minimum absolute atomic E-state index is 0.570. The van der Waals surface area contributed by atoms with Crippen molar-refractivity contribution in [1.29, 1.82) is 0 Å². The van der Waals surface area contributed by atoms with Gasteiger partial charge in [-0.3, -0.25) is 0 Å². The van der Waals surface area contributed by atoms with E-state index in [1.54, 1.807) is 6.20 Å². The Morgan fingerprint density at radius 2 is 1.88 bits per heavy atom. The molecule has 16 heavy (non-hydrogen) atoms. The lowest BCUT2D eigenvalue weighted by atomic mass is 10.1. The van der Waals surface area contributed by atoms with Gasteiger partial charge in [-0.25, -0.2) is 9.97 Å². The Balaban J connectivity index is 2.34. The molecule has 2 nitrogen and oxygen atoms in total. The summed E-state index contributed by atoms with van der Waals surface area (Å²) in [6.45, 7) is 2.15. The van der Waals surface area contributed by atoms with Crippen molar-refractivity contribution < 1.29 is 0 Å². The zero-order valence-corrected chi connectivity index (χ0v) is 10.1. The number of aromatic nitrogens is 2. The van der Waals surface area contributed by atoms with Crippen LogP contribution in [0.2, 0.25) is 0 Å². The molecule has 0 N–H and O–H groups in total. The Labute approximate surface area is 101 Å². The van der Waals surface area contributed by atoms with E-state index in [2.05, 4.69) is 53.8 Å². The first-order valence-corrected chi connectivity index (χ1v) is 5.99. The van der Waals surface area contributed by atoms with E-state index in [-0.39, 0.29) is 0 Å². The quantitative estimate of drug-likeness (QED) is 0.820.